The molecule has 6 rings (SSSR count). The number of thioether (sulfide) groups is 1. The molecule has 0 saturated carbocycles. The number of thiocarbonyl (C=S) groups is 1. The second-order valence-corrected chi connectivity index (χ2v) is 14.9. The Kier molecular flexibility index (Phi) is 10.1. The van der Waals surface area contributed by atoms with Crippen molar-refractivity contribution in [3.63, 3.8) is 0 Å². The molecule has 0 spiro atoms. The number of rotatable bonds is 10. The highest BCUT2D eigenvalue weighted by Gasteiger charge is 2.32. The Labute approximate surface area is 285 Å². The summed E-state index contributed by atoms with van der Waals surface area (Å²) in [5.74, 6) is 1.08. The molecule has 0 radical (unpaired) electrons. The first-order valence-corrected chi connectivity index (χ1v) is 18.2. The number of para-hydroxylation sites is 1. The molecule has 2 fully saturated rings. The summed E-state index contributed by atoms with van der Waals surface area (Å²) in [6.45, 7) is 1.45. The molecule has 12 heteroatoms. The van der Waals surface area contributed by atoms with E-state index in [0.29, 0.717) is 63.6 Å². The normalized spacial score (nSPS) is 16.9. The number of ether oxygens (including phenoxy) is 2. The van der Waals surface area contributed by atoms with Crippen LogP contribution in [0.4, 0.5) is 0 Å². The molecule has 2 aliphatic heterocycles. The zero-order valence-electron chi connectivity index (χ0n) is 26.3. The van der Waals surface area contributed by atoms with Crippen LogP contribution in [0.15, 0.2) is 88.8 Å². The Hall–Kier alpha value is -3.97. The number of aromatic nitrogens is 2. The molecule has 3 aromatic carbocycles. The van der Waals surface area contributed by atoms with Crippen molar-refractivity contribution in [2.24, 2.45) is 0 Å². The number of carbonyl (C=O) groups excluding carboxylic acids is 1. The smallest absolute Gasteiger partial charge is 0.266 e. The highest BCUT2D eigenvalue weighted by Crippen LogP contribution is 2.36. The second-order valence-electron chi connectivity index (χ2n) is 11.3. The van der Waals surface area contributed by atoms with Crippen LogP contribution in [0.1, 0.15) is 36.8 Å². The van der Waals surface area contributed by atoms with Gasteiger partial charge in [-0.25, -0.2) is 13.1 Å². The van der Waals surface area contributed by atoms with Crippen LogP contribution in [0.5, 0.6) is 11.5 Å². The quantitative estimate of drug-likeness (QED) is 0.137. The van der Waals surface area contributed by atoms with Crippen LogP contribution in [-0.2, 0) is 21.2 Å². The molecule has 1 amide bonds. The molecule has 0 N–H and O–H groups in total. The lowest BCUT2D eigenvalue weighted by molar-refractivity contribution is -0.122. The lowest BCUT2D eigenvalue weighted by Gasteiger charge is -2.20. The molecule has 0 unspecified atom stereocenters. The number of amides is 1. The molecule has 2 aliphatic rings. The largest absolute Gasteiger partial charge is 0.493 e. The van der Waals surface area contributed by atoms with Crippen LogP contribution in [0.2, 0.25) is 0 Å². The van der Waals surface area contributed by atoms with Crippen molar-refractivity contribution in [2.45, 2.75) is 37.0 Å². The van der Waals surface area contributed by atoms with Gasteiger partial charge in [-0.2, -0.15) is 9.40 Å². The van der Waals surface area contributed by atoms with Crippen LogP contribution in [0, 0.1) is 0 Å². The van der Waals surface area contributed by atoms with Gasteiger partial charge in [0.05, 0.1) is 29.7 Å². The molecule has 0 bridgehead atoms. The third-order valence-electron chi connectivity index (χ3n) is 8.31. The summed E-state index contributed by atoms with van der Waals surface area (Å²) in [6, 6.07) is 22.3. The Morgan fingerprint density at radius 2 is 1.66 bits per heavy atom. The van der Waals surface area contributed by atoms with Crippen LogP contribution in [0.25, 0.3) is 23.0 Å². The van der Waals surface area contributed by atoms with Crippen molar-refractivity contribution in [1.29, 1.82) is 0 Å². The Bertz CT molecular complexity index is 1920. The van der Waals surface area contributed by atoms with E-state index in [1.165, 1.54) is 11.8 Å². The number of hydrogen-bond acceptors (Lipinski definition) is 8. The summed E-state index contributed by atoms with van der Waals surface area (Å²) in [4.78, 5) is 16.0. The number of hydrogen-bond donors (Lipinski definition) is 0. The molecule has 9 nitrogen and oxygen atoms in total. The van der Waals surface area contributed by atoms with E-state index in [-0.39, 0.29) is 10.8 Å². The Morgan fingerprint density at radius 3 is 2.38 bits per heavy atom. The maximum atomic E-state index is 13.7. The summed E-state index contributed by atoms with van der Waals surface area (Å²) in [7, 11) is -0.489. The van der Waals surface area contributed by atoms with E-state index in [4.69, 9.17) is 26.8 Å². The molecule has 3 heterocycles. The van der Waals surface area contributed by atoms with E-state index >= 15 is 0 Å². The van der Waals surface area contributed by atoms with Gasteiger partial charge in [0.15, 0.2) is 11.5 Å². The molecule has 0 atom stereocenters. The van der Waals surface area contributed by atoms with Crippen LogP contribution < -0.4 is 9.47 Å². The van der Waals surface area contributed by atoms with Gasteiger partial charge in [-0.15, -0.1) is 0 Å². The molecule has 2 saturated heterocycles. The molecule has 1 aromatic heterocycles. The van der Waals surface area contributed by atoms with Gasteiger partial charge in [0.2, 0.25) is 10.0 Å². The van der Waals surface area contributed by atoms with Crippen LogP contribution in [0.3, 0.4) is 0 Å². The number of carbonyl (C=O) groups is 1. The molecule has 47 heavy (non-hydrogen) atoms. The van der Waals surface area contributed by atoms with Gasteiger partial charge in [-0.05, 0) is 67.3 Å². The monoisotopic (exact) mass is 688 g/mol. The zero-order valence-corrected chi connectivity index (χ0v) is 28.7. The highest BCUT2D eigenvalue weighted by molar-refractivity contribution is 8.26. The van der Waals surface area contributed by atoms with Gasteiger partial charge in [0, 0.05) is 37.0 Å². The fraction of sp³-hybridized carbons (Fsp3) is 0.286. The highest BCUT2D eigenvalue weighted by atomic mass is 32.2. The van der Waals surface area contributed by atoms with E-state index < -0.39 is 10.0 Å². The van der Waals surface area contributed by atoms with Crippen molar-refractivity contribution in [2.75, 3.05) is 33.9 Å². The molecule has 4 aromatic rings. The van der Waals surface area contributed by atoms with Gasteiger partial charge in [-0.1, -0.05) is 73.2 Å². The van der Waals surface area contributed by atoms with Crippen molar-refractivity contribution in [3.8, 4) is 28.4 Å². The lowest BCUT2D eigenvalue weighted by atomic mass is 10.1. The maximum absolute atomic E-state index is 13.7. The first-order chi connectivity index (χ1) is 22.8. The summed E-state index contributed by atoms with van der Waals surface area (Å²) >= 11 is 6.89. The predicted molar refractivity (Wildman–Crippen MR) is 189 cm³/mol. The minimum absolute atomic E-state index is 0.184. The van der Waals surface area contributed by atoms with E-state index in [0.717, 1.165) is 36.9 Å². The van der Waals surface area contributed by atoms with E-state index in [1.54, 1.807) is 52.4 Å². The standard InChI is InChI=1S/C35H36N4O5S3/c1-43-30-16-15-25(21-31(30)44-2)17-20-38-34(40)32(46-35(38)45)23-27-24-39(28-12-6-5-7-13-28)36-33(27)26-11-10-14-29(22-26)47(41,42)37-18-8-3-4-9-19-37/h5-7,10-16,21-24H,3-4,8-9,17-20H2,1-2H3/b32-23-. The summed E-state index contributed by atoms with van der Waals surface area (Å²) in [5.41, 5.74) is 3.72. The minimum atomic E-state index is -3.67. The summed E-state index contributed by atoms with van der Waals surface area (Å²) in [6.07, 6.45) is 8.03. The topological polar surface area (TPSA) is 94.0 Å². The first-order valence-electron chi connectivity index (χ1n) is 15.5. The van der Waals surface area contributed by atoms with Crippen molar-refractivity contribution < 1.29 is 22.7 Å². The molecular weight excluding hydrogens is 653 g/mol. The van der Waals surface area contributed by atoms with E-state index in [9.17, 15) is 13.2 Å². The third-order valence-corrected chi connectivity index (χ3v) is 11.6. The van der Waals surface area contributed by atoms with Crippen LogP contribution >= 0.6 is 24.0 Å². The molecular formula is C35H36N4O5S3. The SMILES string of the molecule is COc1ccc(CCN2C(=O)/C(=C/c3cn(-c4ccccc4)nc3-c3cccc(S(=O)(=O)N4CCCCCC4)c3)SC2=S)cc1OC. The van der Waals surface area contributed by atoms with Crippen LogP contribution in [-0.4, -0.2) is 71.5 Å². The maximum Gasteiger partial charge on any atom is 0.266 e. The average Bonchev–Trinajstić information content (AvgIpc) is 3.48. The average molecular weight is 689 g/mol. The van der Waals surface area contributed by atoms with Gasteiger partial charge in [0.25, 0.3) is 5.91 Å². The fourth-order valence-electron chi connectivity index (χ4n) is 5.78. The van der Waals surface area contributed by atoms with E-state index in [1.807, 2.05) is 60.8 Å². The van der Waals surface area contributed by atoms with E-state index in [2.05, 4.69) is 0 Å². The Balaban J connectivity index is 1.31. The summed E-state index contributed by atoms with van der Waals surface area (Å²) in [5, 5.41) is 4.89. The zero-order chi connectivity index (χ0) is 33.0. The number of methoxy groups -OCH3 is 2. The minimum Gasteiger partial charge on any atom is -0.493 e. The van der Waals surface area contributed by atoms with Gasteiger partial charge >= 0.3 is 0 Å². The summed E-state index contributed by atoms with van der Waals surface area (Å²) < 4.78 is 41.9. The number of benzene rings is 3. The number of sulfonamides is 1. The van der Waals surface area contributed by atoms with Crippen molar-refractivity contribution in [1.82, 2.24) is 19.0 Å². The third kappa shape index (κ3) is 7.15. The van der Waals surface area contributed by atoms with Gasteiger partial charge in [-0.3, -0.25) is 9.69 Å². The molecule has 0 aliphatic carbocycles. The fourth-order valence-corrected chi connectivity index (χ4v) is 8.64. The predicted octanol–water partition coefficient (Wildman–Crippen LogP) is 6.57. The second kappa shape index (κ2) is 14.4. The lowest BCUT2D eigenvalue weighted by Crippen LogP contribution is -2.31. The van der Waals surface area contributed by atoms with Gasteiger partial charge in [0.1, 0.15) is 10.0 Å². The first kappa shape index (κ1) is 33.0. The van der Waals surface area contributed by atoms with Gasteiger partial charge < -0.3 is 9.47 Å². The van der Waals surface area contributed by atoms with Crippen molar-refractivity contribution in [3.05, 3.63) is 95.0 Å². The Morgan fingerprint density at radius 1 is 0.915 bits per heavy atom. The number of nitrogens with zero attached hydrogens (tertiary/aromatic N) is 4. The van der Waals surface area contributed by atoms with Crippen molar-refractivity contribution >= 4 is 50.3 Å². The molecule has 244 valence electrons.